The molecule has 0 saturated carbocycles. The number of alkyl halides is 1. The van der Waals surface area contributed by atoms with Crippen molar-refractivity contribution >= 4 is 28.6 Å². The molecule has 0 aromatic carbocycles. The van der Waals surface area contributed by atoms with Gasteiger partial charge >= 0.3 is 0 Å². The molecule has 0 aliphatic rings. The van der Waals surface area contributed by atoms with E-state index in [2.05, 4.69) is 26.8 Å². The van der Waals surface area contributed by atoms with E-state index >= 15 is 0 Å². The van der Waals surface area contributed by atoms with Crippen LogP contribution in [-0.2, 0) is 0 Å². The Morgan fingerprint density at radius 1 is 1.25 bits per heavy atom. The fraction of sp³-hybridized carbons (Fsp3) is 0.364. The van der Waals surface area contributed by atoms with Gasteiger partial charge in [-0.05, 0) is 19.1 Å². The minimum atomic E-state index is 0.591. The van der Waals surface area contributed by atoms with Gasteiger partial charge in [0.05, 0.1) is 0 Å². The monoisotopic (exact) mass is 236 g/mol. The standard InChI is InChI=1S/C11H13ClN4/c1-2-16(8-5-12)10-4-3-9-11(15-10)14-7-6-13-9/h3-4,6-7H,2,5,8H2,1H3. The summed E-state index contributed by atoms with van der Waals surface area (Å²) in [6, 6.07) is 3.88. The number of hydrogen-bond acceptors (Lipinski definition) is 4. The third-order valence-electron chi connectivity index (χ3n) is 2.38. The highest BCUT2D eigenvalue weighted by Crippen LogP contribution is 2.14. The average molecular weight is 237 g/mol. The van der Waals surface area contributed by atoms with Crippen molar-refractivity contribution in [2.75, 3.05) is 23.9 Å². The molecule has 0 aliphatic heterocycles. The molecule has 2 aromatic rings. The summed E-state index contributed by atoms with van der Waals surface area (Å²) in [5, 5.41) is 0. The van der Waals surface area contributed by atoms with E-state index in [1.54, 1.807) is 12.4 Å². The zero-order chi connectivity index (χ0) is 11.4. The van der Waals surface area contributed by atoms with E-state index in [1.807, 2.05) is 12.1 Å². The topological polar surface area (TPSA) is 41.9 Å². The molecular formula is C11H13ClN4. The van der Waals surface area contributed by atoms with Gasteiger partial charge in [0, 0.05) is 31.4 Å². The number of hydrogen-bond donors (Lipinski definition) is 0. The molecule has 0 amide bonds. The molecule has 0 unspecified atom stereocenters. The summed E-state index contributed by atoms with van der Waals surface area (Å²) in [4.78, 5) is 14.9. The number of fused-ring (bicyclic) bond motifs is 1. The van der Waals surface area contributed by atoms with Crippen LogP contribution in [0.1, 0.15) is 6.92 Å². The Labute approximate surface area is 99.3 Å². The molecule has 0 saturated heterocycles. The molecule has 0 spiro atoms. The second-order valence-corrected chi connectivity index (χ2v) is 3.72. The fourth-order valence-corrected chi connectivity index (χ4v) is 1.76. The average Bonchev–Trinajstić information content (AvgIpc) is 2.35. The highest BCUT2D eigenvalue weighted by atomic mass is 35.5. The van der Waals surface area contributed by atoms with Crippen LogP contribution in [0.25, 0.3) is 11.2 Å². The summed E-state index contributed by atoms with van der Waals surface area (Å²) in [5.41, 5.74) is 1.49. The van der Waals surface area contributed by atoms with Gasteiger partial charge in [-0.1, -0.05) is 0 Å². The predicted octanol–water partition coefficient (Wildman–Crippen LogP) is 2.09. The first-order valence-corrected chi connectivity index (χ1v) is 5.77. The highest BCUT2D eigenvalue weighted by molar-refractivity contribution is 6.18. The number of nitrogens with zero attached hydrogens (tertiary/aromatic N) is 4. The zero-order valence-corrected chi connectivity index (χ0v) is 9.85. The van der Waals surface area contributed by atoms with E-state index in [0.29, 0.717) is 11.5 Å². The van der Waals surface area contributed by atoms with Gasteiger partial charge in [-0.3, -0.25) is 4.98 Å². The van der Waals surface area contributed by atoms with Gasteiger partial charge in [-0.25, -0.2) is 9.97 Å². The van der Waals surface area contributed by atoms with Gasteiger partial charge < -0.3 is 4.90 Å². The zero-order valence-electron chi connectivity index (χ0n) is 9.10. The van der Waals surface area contributed by atoms with Crippen LogP contribution in [0.3, 0.4) is 0 Å². The fourth-order valence-electron chi connectivity index (χ4n) is 1.56. The van der Waals surface area contributed by atoms with Gasteiger partial charge in [-0.15, -0.1) is 11.6 Å². The van der Waals surface area contributed by atoms with Gasteiger partial charge in [0.25, 0.3) is 0 Å². The number of pyridine rings is 1. The first-order chi connectivity index (χ1) is 7.85. The van der Waals surface area contributed by atoms with Gasteiger partial charge in [0.1, 0.15) is 11.3 Å². The number of rotatable bonds is 4. The van der Waals surface area contributed by atoms with E-state index in [-0.39, 0.29) is 0 Å². The Morgan fingerprint density at radius 2 is 2.06 bits per heavy atom. The molecule has 0 atom stereocenters. The normalized spacial score (nSPS) is 10.6. The maximum atomic E-state index is 5.75. The molecule has 5 heteroatoms. The van der Waals surface area contributed by atoms with Crippen LogP contribution in [0.15, 0.2) is 24.5 Å². The summed E-state index contributed by atoms with van der Waals surface area (Å²) in [6.07, 6.45) is 3.32. The Morgan fingerprint density at radius 3 is 2.81 bits per heavy atom. The van der Waals surface area contributed by atoms with E-state index in [9.17, 15) is 0 Å². The highest BCUT2D eigenvalue weighted by Gasteiger charge is 2.06. The Hall–Kier alpha value is -1.42. The summed E-state index contributed by atoms with van der Waals surface area (Å²) >= 11 is 5.75. The number of aromatic nitrogens is 3. The smallest absolute Gasteiger partial charge is 0.180 e. The molecule has 0 radical (unpaired) electrons. The van der Waals surface area contributed by atoms with Crippen LogP contribution in [0.5, 0.6) is 0 Å². The predicted molar refractivity (Wildman–Crippen MR) is 65.9 cm³/mol. The van der Waals surface area contributed by atoms with Crippen LogP contribution in [0.2, 0.25) is 0 Å². The van der Waals surface area contributed by atoms with Crippen molar-refractivity contribution in [2.45, 2.75) is 6.92 Å². The van der Waals surface area contributed by atoms with Crippen LogP contribution >= 0.6 is 11.6 Å². The van der Waals surface area contributed by atoms with Crippen LogP contribution in [-0.4, -0.2) is 33.9 Å². The molecule has 0 bridgehead atoms. The molecule has 4 nitrogen and oxygen atoms in total. The lowest BCUT2D eigenvalue weighted by Crippen LogP contribution is -2.25. The Kier molecular flexibility index (Phi) is 3.51. The van der Waals surface area contributed by atoms with Gasteiger partial charge in [0.15, 0.2) is 5.65 Å². The third kappa shape index (κ3) is 2.22. The molecule has 2 rings (SSSR count). The van der Waals surface area contributed by atoms with E-state index in [0.717, 1.165) is 24.4 Å². The van der Waals surface area contributed by atoms with Crippen molar-refractivity contribution < 1.29 is 0 Å². The SMILES string of the molecule is CCN(CCCl)c1ccc2nccnc2n1. The molecule has 2 heterocycles. The third-order valence-corrected chi connectivity index (χ3v) is 2.55. The summed E-state index contributed by atoms with van der Waals surface area (Å²) in [6.45, 7) is 3.75. The number of anilines is 1. The molecule has 0 aliphatic carbocycles. The van der Waals surface area contributed by atoms with Crippen molar-refractivity contribution in [1.82, 2.24) is 15.0 Å². The molecule has 0 N–H and O–H groups in total. The van der Waals surface area contributed by atoms with Crippen molar-refractivity contribution in [3.05, 3.63) is 24.5 Å². The second-order valence-electron chi connectivity index (χ2n) is 3.34. The van der Waals surface area contributed by atoms with E-state index in [1.165, 1.54) is 0 Å². The quantitative estimate of drug-likeness (QED) is 0.763. The van der Waals surface area contributed by atoms with Crippen molar-refractivity contribution in [3.63, 3.8) is 0 Å². The van der Waals surface area contributed by atoms with Crippen LogP contribution < -0.4 is 4.90 Å². The maximum absolute atomic E-state index is 5.75. The molecule has 16 heavy (non-hydrogen) atoms. The van der Waals surface area contributed by atoms with Crippen molar-refractivity contribution in [1.29, 1.82) is 0 Å². The Bertz CT molecular complexity index is 474. The van der Waals surface area contributed by atoms with E-state index < -0.39 is 0 Å². The van der Waals surface area contributed by atoms with E-state index in [4.69, 9.17) is 11.6 Å². The summed E-state index contributed by atoms with van der Waals surface area (Å²) < 4.78 is 0. The van der Waals surface area contributed by atoms with Crippen molar-refractivity contribution in [2.24, 2.45) is 0 Å². The summed E-state index contributed by atoms with van der Waals surface area (Å²) in [5.74, 6) is 1.49. The maximum Gasteiger partial charge on any atom is 0.180 e. The molecule has 0 fully saturated rings. The van der Waals surface area contributed by atoms with Crippen LogP contribution in [0, 0.1) is 0 Å². The first kappa shape index (κ1) is 11.1. The van der Waals surface area contributed by atoms with Crippen molar-refractivity contribution in [3.8, 4) is 0 Å². The minimum absolute atomic E-state index is 0.591. The largest absolute Gasteiger partial charge is 0.356 e. The van der Waals surface area contributed by atoms with Gasteiger partial charge in [0.2, 0.25) is 0 Å². The lowest BCUT2D eigenvalue weighted by atomic mass is 10.3. The lowest BCUT2D eigenvalue weighted by molar-refractivity contribution is 0.852. The Balaban J connectivity index is 2.37. The minimum Gasteiger partial charge on any atom is -0.356 e. The first-order valence-electron chi connectivity index (χ1n) is 5.24. The second kappa shape index (κ2) is 5.07. The molecular weight excluding hydrogens is 224 g/mol. The number of halogens is 1. The summed E-state index contributed by atoms with van der Waals surface area (Å²) in [7, 11) is 0. The lowest BCUT2D eigenvalue weighted by Gasteiger charge is -2.20. The van der Waals surface area contributed by atoms with Crippen LogP contribution in [0.4, 0.5) is 5.82 Å². The van der Waals surface area contributed by atoms with Gasteiger partial charge in [-0.2, -0.15) is 0 Å². The molecule has 2 aromatic heterocycles. The molecule has 84 valence electrons.